The van der Waals surface area contributed by atoms with Crippen molar-refractivity contribution in [1.82, 2.24) is 9.97 Å². The molecule has 1 aliphatic heterocycles. The van der Waals surface area contributed by atoms with Crippen molar-refractivity contribution in [3.63, 3.8) is 0 Å². The van der Waals surface area contributed by atoms with Crippen molar-refractivity contribution in [3.05, 3.63) is 76.8 Å². The number of rotatable bonds is 8. The van der Waals surface area contributed by atoms with Gasteiger partial charge in [0.05, 0.1) is 25.8 Å². The number of anilines is 2. The van der Waals surface area contributed by atoms with E-state index >= 15 is 0 Å². The van der Waals surface area contributed by atoms with E-state index in [0.29, 0.717) is 31.1 Å². The number of hydrazone groups is 1. The topological polar surface area (TPSA) is 98.8 Å². The van der Waals surface area contributed by atoms with Gasteiger partial charge < -0.3 is 19.6 Å². The molecule has 1 saturated heterocycles. The van der Waals surface area contributed by atoms with Gasteiger partial charge in [-0.3, -0.25) is 5.43 Å². The molecule has 0 saturated carbocycles. The van der Waals surface area contributed by atoms with Crippen LogP contribution in [0.1, 0.15) is 16.8 Å². The largest absolute Gasteiger partial charge is 0.619 e. The first-order valence-corrected chi connectivity index (χ1v) is 10.5. The normalized spacial score (nSPS) is 14.0. The second-order valence-electron chi connectivity index (χ2n) is 7.39. The third-order valence-corrected chi connectivity index (χ3v) is 4.96. The third kappa shape index (κ3) is 5.92. The van der Waals surface area contributed by atoms with Crippen molar-refractivity contribution in [3.8, 4) is 6.01 Å². The first-order valence-electron chi connectivity index (χ1n) is 10.5. The molecule has 1 aromatic carbocycles. The minimum atomic E-state index is 0.232. The van der Waals surface area contributed by atoms with Gasteiger partial charge in [0.25, 0.3) is 0 Å². The molecule has 1 fully saturated rings. The molecule has 9 heteroatoms. The molecule has 3 heterocycles. The predicted octanol–water partition coefficient (Wildman–Crippen LogP) is 2.32. The lowest BCUT2D eigenvalue weighted by molar-refractivity contribution is -0.614. The molecule has 32 heavy (non-hydrogen) atoms. The smallest absolute Gasteiger partial charge is 0.320 e. The number of ether oxygens (including phenoxy) is 2. The van der Waals surface area contributed by atoms with E-state index in [0.717, 1.165) is 29.2 Å². The van der Waals surface area contributed by atoms with Gasteiger partial charge >= 0.3 is 6.01 Å². The molecule has 1 N–H and O–H groups in total. The van der Waals surface area contributed by atoms with Gasteiger partial charge in [-0.1, -0.05) is 35.9 Å². The van der Waals surface area contributed by atoms with Crippen molar-refractivity contribution in [2.45, 2.75) is 13.3 Å². The van der Waals surface area contributed by atoms with Crippen LogP contribution < -0.4 is 19.8 Å². The minimum Gasteiger partial charge on any atom is -0.619 e. The number of aryl methyl sites for hydroxylation is 1. The third-order valence-electron chi connectivity index (χ3n) is 4.96. The van der Waals surface area contributed by atoms with Crippen LogP contribution in [-0.2, 0) is 11.2 Å². The van der Waals surface area contributed by atoms with Crippen LogP contribution in [0.25, 0.3) is 0 Å². The first kappa shape index (κ1) is 21.5. The van der Waals surface area contributed by atoms with Crippen LogP contribution in [0.4, 0.5) is 11.6 Å². The molecule has 166 valence electrons. The van der Waals surface area contributed by atoms with Crippen molar-refractivity contribution >= 4 is 17.9 Å². The first-order chi connectivity index (χ1) is 15.7. The van der Waals surface area contributed by atoms with Gasteiger partial charge in [-0.25, -0.2) is 0 Å². The van der Waals surface area contributed by atoms with E-state index in [9.17, 15) is 5.21 Å². The summed E-state index contributed by atoms with van der Waals surface area (Å²) in [7, 11) is 0. The lowest BCUT2D eigenvalue weighted by Crippen LogP contribution is -2.36. The molecule has 1 aliphatic rings. The fourth-order valence-electron chi connectivity index (χ4n) is 3.32. The van der Waals surface area contributed by atoms with Crippen LogP contribution >= 0.6 is 0 Å². The quantitative estimate of drug-likeness (QED) is 0.251. The molecule has 0 bridgehead atoms. The summed E-state index contributed by atoms with van der Waals surface area (Å²) in [5.41, 5.74) is 5.76. The summed E-state index contributed by atoms with van der Waals surface area (Å²) in [6.07, 6.45) is 3.66. The highest BCUT2D eigenvalue weighted by molar-refractivity contribution is 5.80. The summed E-state index contributed by atoms with van der Waals surface area (Å²) in [6.45, 7) is 5.09. The SMILES string of the molecule is Cc1cccc(C=NNc2cc(N3CCOCC3)nc(OCCc3cccc[n+]3[O-])n2)c1. The zero-order valence-corrected chi connectivity index (χ0v) is 18.0. The highest BCUT2D eigenvalue weighted by Gasteiger charge is 2.16. The Bertz CT molecular complexity index is 1070. The number of benzene rings is 1. The highest BCUT2D eigenvalue weighted by atomic mass is 16.5. The van der Waals surface area contributed by atoms with Crippen LogP contribution in [0.3, 0.4) is 0 Å². The molecule has 0 unspecified atom stereocenters. The monoisotopic (exact) mass is 434 g/mol. The van der Waals surface area contributed by atoms with Gasteiger partial charge in [-0.15, -0.1) is 0 Å². The van der Waals surface area contributed by atoms with E-state index in [1.54, 1.807) is 18.3 Å². The Balaban J connectivity index is 1.47. The van der Waals surface area contributed by atoms with Crippen molar-refractivity contribution in [2.24, 2.45) is 5.10 Å². The van der Waals surface area contributed by atoms with Crippen molar-refractivity contribution < 1.29 is 14.2 Å². The molecule has 0 amide bonds. The van der Waals surface area contributed by atoms with Crippen molar-refractivity contribution in [1.29, 1.82) is 0 Å². The Labute approximate surface area is 186 Å². The summed E-state index contributed by atoms with van der Waals surface area (Å²) < 4.78 is 12.1. The van der Waals surface area contributed by atoms with E-state index in [-0.39, 0.29) is 12.6 Å². The number of pyridine rings is 1. The molecule has 4 rings (SSSR count). The lowest BCUT2D eigenvalue weighted by atomic mass is 10.2. The number of morpholine rings is 1. The lowest BCUT2D eigenvalue weighted by Gasteiger charge is -2.28. The predicted molar refractivity (Wildman–Crippen MR) is 122 cm³/mol. The Hall–Kier alpha value is -3.72. The summed E-state index contributed by atoms with van der Waals surface area (Å²) in [4.78, 5) is 11.1. The van der Waals surface area contributed by atoms with E-state index in [2.05, 4.69) is 25.4 Å². The number of nitrogens with zero attached hydrogens (tertiary/aromatic N) is 5. The van der Waals surface area contributed by atoms with Gasteiger partial charge in [-0.05, 0) is 12.5 Å². The fourth-order valence-corrected chi connectivity index (χ4v) is 3.32. The Morgan fingerprint density at radius 1 is 1.19 bits per heavy atom. The van der Waals surface area contributed by atoms with Gasteiger partial charge in [0, 0.05) is 31.3 Å². The van der Waals surface area contributed by atoms with Crippen LogP contribution in [0.5, 0.6) is 6.01 Å². The Kier molecular flexibility index (Phi) is 7.08. The maximum atomic E-state index is 11.8. The van der Waals surface area contributed by atoms with Crippen LogP contribution in [-0.4, -0.2) is 49.1 Å². The molecule has 0 spiro atoms. The Morgan fingerprint density at radius 3 is 2.88 bits per heavy atom. The molecule has 0 atom stereocenters. The van der Waals surface area contributed by atoms with Crippen LogP contribution in [0.2, 0.25) is 0 Å². The molecule has 9 nitrogen and oxygen atoms in total. The maximum Gasteiger partial charge on any atom is 0.320 e. The standard InChI is InChI=1S/C23H26N6O3/c1-18-5-4-6-19(15-18)17-24-27-21-16-22(28-10-13-31-14-11-28)26-23(25-21)32-12-8-20-7-2-3-9-29(20)30/h2-7,9,15-17H,8,10-14H2,1H3,(H,25,26,27). The summed E-state index contributed by atoms with van der Waals surface area (Å²) in [5.74, 6) is 1.27. The molecule has 3 aromatic rings. The van der Waals surface area contributed by atoms with E-state index in [1.165, 1.54) is 11.8 Å². The van der Waals surface area contributed by atoms with Crippen LogP contribution in [0.15, 0.2) is 59.8 Å². The molecular weight excluding hydrogens is 408 g/mol. The second kappa shape index (κ2) is 10.5. The van der Waals surface area contributed by atoms with E-state index in [4.69, 9.17) is 9.47 Å². The van der Waals surface area contributed by atoms with Crippen LogP contribution in [0, 0.1) is 12.1 Å². The van der Waals surface area contributed by atoms with E-state index < -0.39 is 0 Å². The van der Waals surface area contributed by atoms with E-state index in [1.807, 2.05) is 43.3 Å². The van der Waals surface area contributed by atoms with Gasteiger partial charge in [0.1, 0.15) is 12.4 Å². The molecule has 0 aliphatic carbocycles. The summed E-state index contributed by atoms with van der Waals surface area (Å²) in [6, 6.07) is 15.4. The second-order valence-corrected chi connectivity index (χ2v) is 7.39. The molecule has 0 radical (unpaired) electrons. The highest BCUT2D eigenvalue weighted by Crippen LogP contribution is 2.20. The number of hydrogen-bond donors (Lipinski definition) is 1. The molecule has 2 aromatic heterocycles. The number of nitrogens with one attached hydrogen (secondary N) is 1. The fraction of sp³-hybridized carbons (Fsp3) is 0.304. The minimum absolute atomic E-state index is 0.232. The van der Waals surface area contributed by atoms with Crippen molar-refractivity contribution in [2.75, 3.05) is 43.2 Å². The zero-order valence-electron chi connectivity index (χ0n) is 18.0. The molecular formula is C23H26N6O3. The Morgan fingerprint density at radius 2 is 2.06 bits per heavy atom. The summed E-state index contributed by atoms with van der Waals surface area (Å²) in [5, 5.41) is 16.1. The number of hydrogen-bond acceptors (Lipinski definition) is 8. The average Bonchev–Trinajstić information content (AvgIpc) is 2.81. The van der Waals surface area contributed by atoms with Gasteiger partial charge in [0.2, 0.25) is 0 Å². The average molecular weight is 435 g/mol. The maximum absolute atomic E-state index is 11.8. The van der Waals surface area contributed by atoms with Gasteiger partial charge in [-0.2, -0.15) is 19.8 Å². The summed E-state index contributed by atoms with van der Waals surface area (Å²) >= 11 is 0. The van der Waals surface area contributed by atoms with Gasteiger partial charge in [0.15, 0.2) is 17.7 Å². The number of aromatic nitrogens is 3. The zero-order chi connectivity index (χ0) is 22.2.